The molecular weight excluding hydrogens is 230 g/mol. The summed E-state index contributed by atoms with van der Waals surface area (Å²) in [6, 6.07) is 19.8. The van der Waals surface area contributed by atoms with Crippen LogP contribution in [0.3, 0.4) is 0 Å². The summed E-state index contributed by atoms with van der Waals surface area (Å²) >= 11 is 6.10. The lowest BCUT2D eigenvalue weighted by molar-refractivity contribution is 0.849. The van der Waals surface area contributed by atoms with Crippen LogP contribution in [0.1, 0.15) is 17.0 Å². The van der Waals surface area contributed by atoms with Gasteiger partial charge >= 0.3 is 0 Å². The van der Waals surface area contributed by atoms with Crippen LogP contribution >= 0.6 is 11.6 Å². The third kappa shape index (κ3) is 2.87. The predicted molar refractivity (Wildman–Crippen MR) is 70.0 cm³/mol. The summed E-state index contributed by atoms with van der Waals surface area (Å²) in [6.45, 7) is 0. The molecule has 0 unspecified atom stereocenters. The van der Waals surface area contributed by atoms with Crippen LogP contribution in [0.2, 0.25) is 5.02 Å². The molecule has 0 saturated heterocycles. The molecule has 0 aliphatic rings. The average molecular weight is 242 g/mol. The smallest absolute Gasteiger partial charge is 0.0753 e. The van der Waals surface area contributed by atoms with Crippen molar-refractivity contribution in [2.24, 2.45) is 0 Å². The highest BCUT2D eigenvalue weighted by molar-refractivity contribution is 6.31. The summed E-state index contributed by atoms with van der Waals surface area (Å²) in [7, 11) is 0. The van der Waals surface area contributed by atoms with E-state index in [1.54, 1.807) is 0 Å². The molecule has 1 atom stereocenters. The summed E-state index contributed by atoms with van der Waals surface area (Å²) in [4.78, 5) is 0. The molecule has 0 heterocycles. The summed E-state index contributed by atoms with van der Waals surface area (Å²) in [5.74, 6) is -0.143. The molecule has 0 radical (unpaired) electrons. The summed E-state index contributed by atoms with van der Waals surface area (Å²) in [5.41, 5.74) is 2.06. The van der Waals surface area contributed by atoms with E-state index in [0.29, 0.717) is 6.42 Å². The van der Waals surface area contributed by atoms with Crippen molar-refractivity contribution in [3.63, 3.8) is 0 Å². The Bertz CT molecular complexity index is 528. The average Bonchev–Trinajstić information content (AvgIpc) is 2.39. The number of benzene rings is 2. The Kier molecular flexibility index (Phi) is 3.80. The zero-order valence-electron chi connectivity index (χ0n) is 9.31. The van der Waals surface area contributed by atoms with Crippen molar-refractivity contribution >= 4 is 11.6 Å². The van der Waals surface area contributed by atoms with E-state index >= 15 is 0 Å². The lowest BCUT2D eigenvalue weighted by atomic mass is 9.93. The molecule has 0 fully saturated rings. The molecule has 2 aromatic rings. The first-order chi connectivity index (χ1) is 8.31. The van der Waals surface area contributed by atoms with E-state index < -0.39 is 0 Å². The summed E-state index contributed by atoms with van der Waals surface area (Å²) in [6.07, 6.45) is 0.653. The molecule has 0 aliphatic heterocycles. The van der Waals surface area contributed by atoms with Crippen molar-refractivity contribution in [1.29, 1.82) is 5.26 Å². The number of nitriles is 1. The van der Waals surface area contributed by atoms with Gasteiger partial charge in [0.1, 0.15) is 0 Å². The van der Waals surface area contributed by atoms with Crippen LogP contribution in [0, 0.1) is 11.3 Å². The predicted octanol–water partition coefficient (Wildman–Crippen LogP) is 4.19. The quantitative estimate of drug-likeness (QED) is 0.791. The molecule has 0 aliphatic carbocycles. The zero-order valence-corrected chi connectivity index (χ0v) is 10.1. The minimum Gasteiger partial charge on any atom is -0.198 e. The first-order valence-corrected chi connectivity index (χ1v) is 5.87. The molecule has 0 aromatic heterocycles. The highest BCUT2D eigenvalue weighted by atomic mass is 35.5. The van der Waals surface area contributed by atoms with E-state index in [2.05, 4.69) is 6.07 Å². The molecule has 0 N–H and O–H groups in total. The van der Waals surface area contributed by atoms with E-state index in [-0.39, 0.29) is 5.92 Å². The second kappa shape index (κ2) is 5.52. The third-order valence-corrected chi connectivity index (χ3v) is 3.11. The topological polar surface area (TPSA) is 23.8 Å². The molecule has 17 heavy (non-hydrogen) atoms. The summed E-state index contributed by atoms with van der Waals surface area (Å²) < 4.78 is 0. The van der Waals surface area contributed by atoms with Crippen LogP contribution < -0.4 is 0 Å². The van der Waals surface area contributed by atoms with Gasteiger partial charge in [0, 0.05) is 5.02 Å². The van der Waals surface area contributed by atoms with E-state index in [0.717, 1.165) is 16.1 Å². The van der Waals surface area contributed by atoms with E-state index in [9.17, 15) is 5.26 Å². The van der Waals surface area contributed by atoms with Crippen LogP contribution in [0.25, 0.3) is 0 Å². The van der Waals surface area contributed by atoms with Crippen molar-refractivity contribution in [3.05, 3.63) is 70.7 Å². The Morgan fingerprint density at radius 1 is 1.00 bits per heavy atom. The van der Waals surface area contributed by atoms with Gasteiger partial charge in [0.05, 0.1) is 12.0 Å². The third-order valence-electron chi connectivity index (χ3n) is 2.74. The first-order valence-electron chi connectivity index (χ1n) is 5.49. The van der Waals surface area contributed by atoms with Gasteiger partial charge in [-0.3, -0.25) is 0 Å². The normalized spacial score (nSPS) is 11.8. The Balaban J connectivity index is 2.23. The van der Waals surface area contributed by atoms with Gasteiger partial charge in [-0.25, -0.2) is 0 Å². The second-order valence-corrected chi connectivity index (χ2v) is 4.30. The van der Waals surface area contributed by atoms with Gasteiger partial charge in [0.2, 0.25) is 0 Å². The monoisotopic (exact) mass is 241 g/mol. The molecule has 0 saturated carbocycles. The highest BCUT2D eigenvalue weighted by Gasteiger charge is 2.12. The highest BCUT2D eigenvalue weighted by Crippen LogP contribution is 2.24. The molecule has 0 amide bonds. The lowest BCUT2D eigenvalue weighted by Crippen LogP contribution is -2.00. The molecule has 84 valence electrons. The van der Waals surface area contributed by atoms with Gasteiger partial charge in [-0.2, -0.15) is 5.26 Å². The standard InChI is InChI=1S/C15H12ClN/c16-15-9-5-4-8-13(15)10-14(11-17)12-6-2-1-3-7-12/h1-9,14H,10H2/t14-/m0/s1. The second-order valence-electron chi connectivity index (χ2n) is 3.89. The maximum absolute atomic E-state index is 9.24. The number of rotatable bonds is 3. The molecular formula is C15H12ClN. The van der Waals surface area contributed by atoms with Gasteiger partial charge in [0.15, 0.2) is 0 Å². The van der Waals surface area contributed by atoms with E-state index in [1.165, 1.54) is 0 Å². The minimum absolute atomic E-state index is 0.143. The fourth-order valence-electron chi connectivity index (χ4n) is 1.81. The molecule has 2 heteroatoms. The van der Waals surface area contributed by atoms with E-state index in [1.807, 2.05) is 54.6 Å². The number of hydrogen-bond acceptors (Lipinski definition) is 1. The Labute approximate surface area is 106 Å². The van der Waals surface area contributed by atoms with Crippen LogP contribution in [0.5, 0.6) is 0 Å². The van der Waals surface area contributed by atoms with Gasteiger partial charge in [-0.05, 0) is 23.6 Å². The molecule has 0 bridgehead atoms. The van der Waals surface area contributed by atoms with Gasteiger partial charge in [0.25, 0.3) is 0 Å². The maximum atomic E-state index is 9.24. The van der Waals surface area contributed by atoms with Crippen molar-refractivity contribution in [2.75, 3.05) is 0 Å². The molecule has 2 aromatic carbocycles. The lowest BCUT2D eigenvalue weighted by Gasteiger charge is -2.10. The Hall–Kier alpha value is -1.78. The van der Waals surface area contributed by atoms with Crippen molar-refractivity contribution in [3.8, 4) is 6.07 Å². The molecule has 0 spiro atoms. The zero-order chi connectivity index (χ0) is 12.1. The Morgan fingerprint density at radius 3 is 2.29 bits per heavy atom. The van der Waals surface area contributed by atoms with Gasteiger partial charge in [-0.15, -0.1) is 0 Å². The Morgan fingerprint density at radius 2 is 1.65 bits per heavy atom. The maximum Gasteiger partial charge on any atom is 0.0753 e. The van der Waals surface area contributed by atoms with E-state index in [4.69, 9.17) is 11.6 Å². The number of halogens is 1. The molecule has 2 rings (SSSR count). The first kappa shape index (κ1) is 11.7. The van der Waals surface area contributed by atoms with Crippen molar-refractivity contribution in [2.45, 2.75) is 12.3 Å². The van der Waals surface area contributed by atoms with Crippen molar-refractivity contribution < 1.29 is 0 Å². The van der Waals surface area contributed by atoms with Crippen LogP contribution in [0.15, 0.2) is 54.6 Å². The summed E-state index contributed by atoms with van der Waals surface area (Å²) in [5, 5.41) is 9.96. The van der Waals surface area contributed by atoms with Crippen LogP contribution in [-0.2, 0) is 6.42 Å². The van der Waals surface area contributed by atoms with Gasteiger partial charge < -0.3 is 0 Å². The fraction of sp³-hybridized carbons (Fsp3) is 0.133. The largest absolute Gasteiger partial charge is 0.198 e. The fourth-order valence-corrected chi connectivity index (χ4v) is 2.02. The number of nitrogens with zero attached hydrogens (tertiary/aromatic N) is 1. The minimum atomic E-state index is -0.143. The molecule has 1 nitrogen and oxygen atoms in total. The van der Waals surface area contributed by atoms with Gasteiger partial charge in [-0.1, -0.05) is 60.1 Å². The van der Waals surface area contributed by atoms with Crippen LogP contribution in [0.4, 0.5) is 0 Å². The van der Waals surface area contributed by atoms with Crippen molar-refractivity contribution in [1.82, 2.24) is 0 Å². The number of hydrogen-bond donors (Lipinski definition) is 0. The SMILES string of the molecule is N#C[C@H](Cc1ccccc1Cl)c1ccccc1. The van der Waals surface area contributed by atoms with Crippen LogP contribution in [-0.4, -0.2) is 0 Å².